The fourth-order valence-electron chi connectivity index (χ4n) is 4.01. The zero-order valence-electron chi connectivity index (χ0n) is 20.5. The predicted octanol–water partition coefficient (Wildman–Crippen LogP) is 6.16. The Hall–Kier alpha value is -3.26. The number of rotatable bonds is 9. The molecule has 194 valence electrons. The summed E-state index contributed by atoms with van der Waals surface area (Å²) in [4.78, 5) is 25.1. The van der Waals surface area contributed by atoms with Crippen LogP contribution in [0, 0.1) is 0 Å². The third-order valence-electron chi connectivity index (χ3n) is 5.93. The van der Waals surface area contributed by atoms with Gasteiger partial charge in [0, 0.05) is 35.7 Å². The maximum Gasteiger partial charge on any atom is 0.313 e. The number of methoxy groups -OCH3 is 1. The van der Waals surface area contributed by atoms with Crippen molar-refractivity contribution in [3.8, 4) is 17.2 Å². The number of esters is 1. The Bertz CT molecular complexity index is 1250. The van der Waals surface area contributed by atoms with Crippen LogP contribution in [0.5, 0.6) is 17.2 Å². The molecular formula is C28H27Cl2NO6. The molecule has 7 nitrogen and oxygen atoms in total. The molecule has 0 saturated carbocycles. The highest BCUT2D eigenvalue weighted by Gasteiger charge is 2.30. The first-order chi connectivity index (χ1) is 17.9. The van der Waals surface area contributed by atoms with Gasteiger partial charge in [0.2, 0.25) is 0 Å². The molecule has 0 aromatic heterocycles. The smallest absolute Gasteiger partial charge is 0.313 e. The number of hydrogen-bond acceptors (Lipinski definition) is 6. The molecular weight excluding hydrogens is 517 g/mol. The summed E-state index contributed by atoms with van der Waals surface area (Å²) in [5.74, 6) is 0.395. The third-order valence-corrected chi connectivity index (χ3v) is 6.48. The Labute approximate surface area is 225 Å². The number of benzene rings is 3. The number of fused-ring (bicyclic) bond motifs is 1. The Morgan fingerprint density at radius 1 is 1.08 bits per heavy atom. The summed E-state index contributed by atoms with van der Waals surface area (Å²) in [6.45, 7) is 2.47. The molecule has 1 aliphatic rings. The predicted molar refractivity (Wildman–Crippen MR) is 141 cm³/mol. The van der Waals surface area contributed by atoms with E-state index < -0.39 is 12.1 Å². The van der Waals surface area contributed by atoms with Gasteiger partial charge in [-0.3, -0.25) is 9.59 Å². The number of carbonyl (C=O) groups excluding carboxylic acids is 2. The van der Waals surface area contributed by atoms with Crippen LogP contribution in [0.4, 0.5) is 0 Å². The van der Waals surface area contributed by atoms with E-state index in [4.69, 9.17) is 42.1 Å². The van der Waals surface area contributed by atoms with E-state index in [1.807, 2.05) is 12.1 Å². The summed E-state index contributed by atoms with van der Waals surface area (Å²) >= 11 is 12.4. The lowest BCUT2D eigenvalue weighted by Gasteiger charge is -2.25. The Morgan fingerprint density at radius 2 is 1.81 bits per heavy atom. The molecule has 1 N–H and O–H groups in total. The average Bonchev–Trinajstić information content (AvgIpc) is 2.90. The molecule has 1 heterocycles. The Kier molecular flexibility index (Phi) is 8.92. The standard InChI is InChI=1S/C28H27Cl2NO6/c1-3-35-28(33)21-12-13-36-24-16-25(23(30)15-22(21)24)37-20-10-6-18(7-11-20)27(32)31-26(34-2)14-17-4-8-19(29)9-5-17/h4-11,15-16,21,26H,3,12-14H2,1-2H3,(H,31,32). The Morgan fingerprint density at radius 3 is 2.49 bits per heavy atom. The fraction of sp³-hybridized carbons (Fsp3) is 0.286. The molecule has 3 aromatic rings. The van der Waals surface area contributed by atoms with Crippen molar-refractivity contribution in [3.05, 3.63) is 87.4 Å². The summed E-state index contributed by atoms with van der Waals surface area (Å²) in [5, 5.41) is 3.86. The van der Waals surface area contributed by atoms with Crippen LogP contribution >= 0.6 is 23.2 Å². The Balaban J connectivity index is 1.41. The third kappa shape index (κ3) is 6.74. The van der Waals surface area contributed by atoms with Gasteiger partial charge in [-0.2, -0.15) is 0 Å². The second-order valence-electron chi connectivity index (χ2n) is 8.42. The minimum Gasteiger partial charge on any atom is -0.493 e. The van der Waals surface area contributed by atoms with Gasteiger partial charge in [-0.15, -0.1) is 0 Å². The summed E-state index contributed by atoms with van der Waals surface area (Å²) in [6.07, 6.45) is 0.517. The molecule has 1 amide bonds. The van der Waals surface area contributed by atoms with Gasteiger partial charge < -0.3 is 24.3 Å². The van der Waals surface area contributed by atoms with E-state index in [0.717, 1.165) is 5.56 Å². The molecule has 0 aliphatic carbocycles. The van der Waals surface area contributed by atoms with Gasteiger partial charge in [-0.1, -0.05) is 35.3 Å². The fourth-order valence-corrected chi connectivity index (χ4v) is 4.35. The van der Waals surface area contributed by atoms with Crippen LogP contribution in [0.1, 0.15) is 40.7 Å². The van der Waals surface area contributed by atoms with Crippen molar-refractivity contribution in [2.24, 2.45) is 0 Å². The zero-order chi connectivity index (χ0) is 26.4. The number of nitrogens with one attached hydrogen (secondary N) is 1. The lowest BCUT2D eigenvalue weighted by Crippen LogP contribution is -2.37. The maximum absolute atomic E-state index is 12.7. The normalized spacial score (nSPS) is 15.2. The zero-order valence-corrected chi connectivity index (χ0v) is 22.0. The van der Waals surface area contributed by atoms with E-state index in [1.54, 1.807) is 62.6 Å². The van der Waals surface area contributed by atoms with Crippen LogP contribution in [-0.4, -0.2) is 38.4 Å². The van der Waals surface area contributed by atoms with Crippen molar-refractivity contribution in [1.82, 2.24) is 5.32 Å². The van der Waals surface area contributed by atoms with Gasteiger partial charge in [0.1, 0.15) is 23.5 Å². The quantitative estimate of drug-likeness (QED) is 0.257. The molecule has 0 fully saturated rings. The van der Waals surface area contributed by atoms with E-state index in [-0.39, 0.29) is 11.9 Å². The minimum absolute atomic E-state index is 0.280. The van der Waals surface area contributed by atoms with Crippen LogP contribution in [0.15, 0.2) is 60.7 Å². The summed E-state index contributed by atoms with van der Waals surface area (Å²) in [6, 6.07) is 17.4. The van der Waals surface area contributed by atoms with Crippen LogP contribution in [0.3, 0.4) is 0 Å². The minimum atomic E-state index is -0.502. The van der Waals surface area contributed by atoms with Gasteiger partial charge in [0.05, 0.1) is 24.2 Å². The number of halogens is 2. The van der Waals surface area contributed by atoms with E-state index >= 15 is 0 Å². The van der Waals surface area contributed by atoms with Crippen molar-refractivity contribution in [2.45, 2.75) is 31.9 Å². The average molecular weight is 544 g/mol. The highest BCUT2D eigenvalue weighted by Crippen LogP contribution is 2.42. The molecule has 4 rings (SSSR count). The van der Waals surface area contributed by atoms with Crippen molar-refractivity contribution >= 4 is 35.1 Å². The summed E-state index contributed by atoms with van der Waals surface area (Å²) < 4.78 is 22.3. The second kappa shape index (κ2) is 12.3. The molecule has 3 aromatic carbocycles. The molecule has 0 saturated heterocycles. The lowest BCUT2D eigenvalue weighted by molar-refractivity contribution is -0.145. The molecule has 37 heavy (non-hydrogen) atoms. The summed E-state index contributed by atoms with van der Waals surface area (Å²) in [7, 11) is 1.54. The molecule has 2 unspecified atom stereocenters. The van der Waals surface area contributed by atoms with Crippen molar-refractivity contribution in [1.29, 1.82) is 0 Å². The van der Waals surface area contributed by atoms with E-state index in [9.17, 15) is 9.59 Å². The van der Waals surface area contributed by atoms with E-state index in [1.165, 1.54) is 0 Å². The van der Waals surface area contributed by atoms with Gasteiger partial charge in [0.15, 0.2) is 0 Å². The van der Waals surface area contributed by atoms with Gasteiger partial charge >= 0.3 is 5.97 Å². The number of carbonyl (C=O) groups is 2. The highest BCUT2D eigenvalue weighted by atomic mass is 35.5. The van der Waals surface area contributed by atoms with Gasteiger partial charge in [0.25, 0.3) is 5.91 Å². The molecule has 0 spiro atoms. The molecule has 0 bridgehead atoms. The SMILES string of the molecule is CCOC(=O)C1CCOc2cc(Oc3ccc(C(=O)NC(Cc4ccc(Cl)cc4)OC)cc3)c(Cl)cc21. The van der Waals surface area contributed by atoms with Crippen LogP contribution < -0.4 is 14.8 Å². The first-order valence-electron chi connectivity index (χ1n) is 11.9. The number of ether oxygens (including phenoxy) is 4. The highest BCUT2D eigenvalue weighted by molar-refractivity contribution is 6.32. The molecule has 2 atom stereocenters. The number of amides is 1. The lowest BCUT2D eigenvalue weighted by atomic mass is 9.93. The number of hydrogen-bond donors (Lipinski definition) is 1. The van der Waals surface area contributed by atoms with Crippen molar-refractivity contribution in [3.63, 3.8) is 0 Å². The van der Waals surface area contributed by atoms with Crippen molar-refractivity contribution in [2.75, 3.05) is 20.3 Å². The molecule has 1 aliphatic heterocycles. The molecule has 0 radical (unpaired) electrons. The van der Waals surface area contributed by atoms with Crippen molar-refractivity contribution < 1.29 is 28.5 Å². The second-order valence-corrected chi connectivity index (χ2v) is 9.26. The van der Waals surface area contributed by atoms with Crippen LogP contribution in [0.2, 0.25) is 10.0 Å². The topological polar surface area (TPSA) is 83.1 Å². The van der Waals surface area contributed by atoms with E-state index in [2.05, 4.69) is 5.32 Å². The molecule has 9 heteroatoms. The first kappa shape index (κ1) is 26.8. The van der Waals surface area contributed by atoms with Crippen LogP contribution in [-0.2, 0) is 20.7 Å². The first-order valence-corrected chi connectivity index (χ1v) is 12.6. The summed E-state index contributed by atoms with van der Waals surface area (Å²) in [5.41, 5.74) is 2.11. The van der Waals surface area contributed by atoms with Gasteiger partial charge in [-0.05, 0) is 61.4 Å². The van der Waals surface area contributed by atoms with Gasteiger partial charge in [-0.25, -0.2) is 0 Å². The maximum atomic E-state index is 12.7. The van der Waals surface area contributed by atoms with Crippen LogP contribution in [0.25, 0.3) is 0 Å². The monoisotopic (exact) mass is 543 g/mol. The largest absolute Gasteiger partial charge is 0.493 e. The van der Waals surface area contributed by atoms with E-state index in [0.29, 0.717) is 64.5 Å².